The number of nitrogens with zero attached hydrogens (tertiary/aromatic N) is 2. The number of aromatic nitrogens is 1. The average Bonchev–Trinajstić information content (AvgIpc) is 3.83. The van der Waals surface area contributed by atoms with Crippen LogP contribution in [-0.4, -0.2) is 4.57 Å². The number of rotatable bonds is 7. The smallest absolute Gasteiger partial charge is 0.0561 e. The number of anilines is 3. The van der Waals surface area contributed by atoms with Crippen molar-refractivity contribution in [2.75, 3.05) is 4.90 Å². The Balaban J connectivity index is 1.21. The first kappa shape index (κ1) is 33.2. The van der Waals surface area contributed by atoms with Crippen molar-refractivity contribution in [1.82, 2.24) is 4.57 Å². The molecule has 0 bridgehead atoms. The lowest BCUT2D eigenvalue weighted by molar-refractivity contribution is 1.18. The molecule has 0 atom stereocenters. The number of thiophene rings is 1. The molecule has 9 aromatic carbocycles. The Morgan fingerprint density at radius 2 is 0.895 bits per heavy atom. The van der Waals surface area contributed by atoms with Crippen LogP contribution in [0.1, 0.15) is 0 Å². The van der Waals surface area contributed by atoms with E-state index in [4.69, 9.17) is 0 Å². The summed E-state index contributed by atoms with van der Waals surface area (Å²) >= 11 is 1.88. The molecular formula is C54H36N2S. The van der Waals surface area contributed by atoms with Crippen molar-refractivity contribution in [2.24, 2.45) is 0 Å². The Hall–Kier alpha value is -7.20. The summed E-state index contributed by atoms with van der Waals surface area (Å²) < 4.78 is 5.01. The van der Waals surface area contributed by atoms with Gasteiger partial charge in [-0.2, -0.15) is 0 Å². The maximum Gasteiger partial charge on any atom is 0.0561 e. The van der Waals surface area contributed by atoms with Crippen molar-refractivity contribution >= 4 is 70.4 Å². The van der Waals surface area contributed by atoms with E-state index in [1.165, 1.54) is 64.3 Å². The van der Waals surface area contributed by atoms with E-state index in [1.807, 2.05) is 11.3 Å². The summed E-state index contributed by atoms with van der Waals surface area (Å²) in [6, 6.07) is 79.4. The van der Waals surface area contributed by atoms with E-state index in [2.05, 4.69) is 228 Å². The van der Waals surface area contributed by atoms with Crippen LogP contribution < -0.4 is 4.90 Å². The molecule has 0 saturated carbocycles. The van der Waals surface area contributed by atoms with Gasteiger partial charge in [0.05, 0.1) is 22.4 Å². The van der Waals surface area contributed by atoms with Crippen LogP contribution in [-0.2, 0) is 0 Å². The summed E-state index contributed by atoms with van der Waals surface area (Å²) in [4.78, 5) is 2.49. The fourth-order valence-electron chi connectivity index (χ4n) is 8.70. The maximum atomic E-state index is 2.49. The van der Waals surface area contributed by atoms with E-state index >= 15 is 0 Å². The van der Waals surface area contributed by atoms with E-state index in [1.54, 1.807) is 0 Å². The number of hydrogen-bond acceptors (Lipinski definition) is 2. The highest BCUT2D eigenvalue weighted by Gasteiger charge is 2.24. The van der Waals surface area contributed by atoms with Gasteiger partial charge in [-0.3, -0.25) is 0 Å². The summed E-state index contributed by atoms with van der Waals surface area (Å²) in [7, 11) is 0. The molecule has 0 saturated heterocycles. The van der Waals surface area contributed by atoms with Gasteiger partial charge in [0.25, 0.3) is 0 Å². The van der Waals surface area contributed by atoms with Crippen LogP contribution in [0.3, 0.4) is 0 Å². The SMILES string of the molecule is c1ccc(-c2ccccc2-c2ccccc2N(c2ccc3c4ccccc4n(-c4ccccc4)c3c2)c2ccccc2-c2cccc3c2sc2ccccc23)cc1. The second-order valence-electron chi connectivity index (χ2n) is 14.5. The number of benzene rings is 9. The molecule has 0 spiro atoms. The molecular weight excluding hydrogens is 709 g/mol. The van der Waals surface area contributed by atoms with E-state index in [9.17, 15) is 0 Å². The zero-order chi connectivity index (χ0) is 37.7. The minimum atomic E-state index is 1.09. The van der Waals surface area contributed by atoms with Crippen molar-refractivity contribution in [3.05, 3.63) is 218 Å². The fourth-order valence-corrected chi connectivity index (χ4v) is 9.93. The molecule has 3 heteroatoms. The minimum absolute atomic E-state index is 1.09. The minimum Gasteiger partial charge on any atom is -0.309 e. The monoisotopic (exact) mass is 744 g/mol. The van der Waals surface area contributed by atoms with E-state index in [0.29, 0.717) is 0 Å². The topological polar surface area (TPSA) is 8.17 Å². The predicted molar refractivity (Wildman–Crippen MR) is 245 cm³/mol. The van der Waals surface area contributed by atoms with Crippen LogP contribution >= 0.6 is 11.3 Å². The van der Waals surface area contributed by atoms with Gasteiger partial charge in [0.2, 0.25) is 0 Å². The second-order valence-corrected chi connectivity index (χ2v) is 15.5. The zero-order valence-corrected chi connectivity index (χ0v) is 31.9. The molecule has 0 aliphatic heterocycles. The lowest BCUT2D eigenvalue weighted by Crippen LogP contribution is -2.12. The second kappa shape index (κ2) is 13.8. The molecule has 11 rings (SSSR count). The molecule has 0 aliphatic carbocycles. The molecule has 0 amide bonds. The number of fused-ring (bicyclic) bond motifs is 6. The lowest BCUT2D eigenvalue weighted by atomic mass is 9.92. The number of para-hydroxylation sites is 4. The van der Waals surface area contributed by atoms with Gasteiger partial charge < -0.3 is 9.47 Å². The molecule has 0 fully saturated rings. The van der Waals surface area contributed by atoms with Crippen molar-refractivity contribution in [1.29, 1.82) is 0 Å². The van der Waals surface area contributed by atoms with E-state index in [0.717, 1.165) is 33.8 Å². The highest BCUT2D eigenvalue weighted by molar-refractivity contribution is 7.26. The first-order valence-corrected chi connectivity index (χ1v) is 20.3. The van der Waals surface area contributed by atoms with Gasteiger partial charge >= 0.3 is 0 Å². The standard InChI is InChI=1S/C54H36N2S/c1-3-18-37(19-4-1)40-22-7-8-23-41(40)42-24-9-13-30-49(42)56(39-34-35-45-43-25-10-14-31-50(43)55(52(45)36-39)38-20-5-2-6-21-38)51-32-15-11-26-44(51)47-28-17-29-48-46-27-12-16-33-53(46)57-54(47)48/h1-36H. The van der Waals surface area contributed by atoms with Gasteiger partial charge in [-0.1, -0.05) is 170 Å². The van der Waals surface area contributed by atoms with Crippen molar-refractivity contribution in [3.63, 3.8) is 0 Å². The molecule has 268 valence electrons. The Bertz CT molecular complexity index is 3250. The van der Waals surface area contributed by atoms with Gasteiger partial charge in [0, 0.05) is 59.0 Å². The molecule has 0 unspecified atom stereocenters. The third-order valence-corrected chi connectivity index (χ3v) is 12.4. The van der Waals surface area contributed by atoms with Gasteiger partial charge in [0.1, 0.15) is 0 Å². The Labute approximate surface area is 335 Å². The van der Waals surface area contributed by atoms with Crippen LogP contribution in [0.5, 0.6) is 0 Å². The first-order valence-electron chi connectivity index (χ1n) is 19.4. The first-order chi connectivity index (χ1) is 28.3. The number of hydrogen-bond donors (Lipinski definition) is 0. The average molecular weight is 745 g/mol. The maximum absolute atomic E-state index is 2.49. The van der Waals surface area contributed by atoms with Crippen LogP contribution in [0, 0.1) is 0 Å². The molecule has 0 radical (unpaired) electrons. The molecule has 11 aromatic rings. The summed E-state index contributed by atoms with van der Waals surface area (Å²) in [6.07, 6.45) is 0. The normalized spacial score (nSPS) is 11.5. The van der Waals surface area contributed by atoms with Crippen LogP contribution in [0.25, 0.3) is 81.0 Å². The lowest BCUT2D eigenvalue weighted by Gasteiger charge is -2.30. The van der Waals surface area contributed by atoms with Gasteiger partial charge in [-0.25, -0.2) is 0 Å². The quantitative estimate of drug-likeness (QED) is 0.158. The van der Waals surface area contributed by atoms with Crippen molar-refractivity contribution < 1.29 is 0 Å². The van der Waals surface area contributed by atoms with E-state index < -0.39 is 0 Å². The van der Waals surface area contributed by atoms with Crippen molar-refractivity contribution in [2.45, 2.75) is 0 Å². The Kier molecular flexibility index (Phi) is 8.04. The van der Waals surface area contributed by atoms with Crippen LogP contribution in [0.2, 0.25) is 0 Å². The molecule has 0 aliphatic rings. The van der Waals surface area contributed by atoms with Crippen LogP contribution in [0.15, 0.2) is 218 Å². The largest absolute Gasteiger partial charge is 0.309 e. The summed E-state index contributed by atoms with van der Waals surface area (Å²) in [6.45, 7) is 0. The predicted octanol–water partition coefficient (Wildman–Crippen LogP) is 15.6. The highest BCUT2D eigenvalue weighted by atomic mass is 32.1. The third-order valence-electron chi connectivity index (χ3n) is 11.2. The zero-order valence-electron chi connectivity index (χ0n) is 31.1. The Morgan fingerprint density at radius 3 is 1.67 bits per heavy atom. The highest BCUT2D eigenvalue weighted by Crippen LogP contribution is 2.49. The Morgan fingerprint density at radius 1 is 0.351 bits per heavy atom. The molecule has 57 heavy (non-hydrogen) atoms. The third kappa shape index (κ3) is 5.55. The van der Waals surface area contributed by atoms with Gasteiger partial charge in [-0.15, -0.1) is 11.3 Å². The molecule has 2 aromatic heterocycles. The molecule has 2 heterocycles. The van der Waals surface area contributed by atoms with E-state index in [-0.39, 0.29) is 0 Å². The van der Waals surface area contributed by atoms with Crippen LogP contribution in [0.4, 0.5) is 17.1 Å². The summed E-state index contributed by atoms with van der Waals surface area (Å²) in [5.74, 6) is 0. The fraction of sp³-hybridized carbons (Fsp3) is 0. The summed E-state index contributed by atoms with van der Waals surface area (Å²) in [5, 5.41) is 5.06. The van der Waals surface area contributed by atoms with Gasteiger partial charge in [-0.05, 0) is 65.2 Å². The molecule has 2 nitrogen and oxygen atoms in total. The summed E-state index contributed by atoms with van der Waals surface area (Å²) in [5.41, 5.74) is 14.0. The van der Waals surface area contributed by atoms with Gasteiger partial charge in [0.15, 0.2) is 0 Å². The molecule has 0 N–H and O–H groups in total. The van der Waals surface area contributed by atoms with Crippen molar-refractivity contribution in [3.8, 4) is 39.1 Å².